The van der Waals surface area contributed by atoms with E-state index in [0.717, 1.165) is 6.54 Å². The second-order valence-electron chi connectivity index (χ2n) is 4.11. The van der Waals surface area contributed by atoms with Crippen LogP contribution in [-0.4, -0.2) is 39.5 Å². The van der Waals surface area contributed by atoms with Crippen molar-refractivity contribution < 1.29 is 19.0 Å². The fraction of sp³-hybridized carbons (Fsp3) is 0.462. The molecule has 0 fully saturated rings. The lowest BCUT2D eigenvalue weighted by molar-refractivity contribution is -0.116. The molecule has 1 heterocycles. The van der Waals surface area contributed by atoms with Crippen molar-refractivity contribution in [3.8, 4) is 11.5 Å². The van der Waals surface area contributed by atoms with E-state index in [1.807, 2.05) is 0 Å². The number of fused-ring (bicyclic) bond motifs is 1. The minimum absolute atomic E-state index is 0.0382. The summed E-state index contributed by atoms with van der Waals surface area (Å²) in [6.07, 6.45) is 0.415. The van der Waals surface area contributed by atoms with Gasteiger partial charge in [0, 0.05) is 38.4 Å². The average molecular weight is 266 g/mol. The van der Waals surface area contributed by atoms with Gasteiger partial charge in [-0.05, 0) is 12.1 Å². The Bertz CT molecular complexity index is 437. The molecule has 0 radical (unpaired) electrons. The van der Waals surface area contributed by atoms with Gasteiger partial charge in [0.1, 0.15) is 0 Å². The van der Waals surface area contributed by atoms with E-state index < -0.39 is 0 Å². The summed E-state index contributed by atoms with van der Waals surface area (Å²) in [4.78, 5) is 11.7. The first kappa shape index (κ1) is 13.6. The monoisotopic (exact) mass is 266 g/mol. The minimum Gasteiger partial charge on any atom is -0.454 e. The summed E-state index contributed by atoms with van der Waals surface area (Å²) in [5, 5.41) is 5.93. The van der Waals surface area contributed by atoms with Crippen molar-refractivity contribution in [1.82, 2.24) is 5.32 Å². The van der Waals surface area contributed by atoms with E-state index in [-0.39, 0.29) is 12.7 Å². The molecule has 1 aliphatic heterocycles. The van der Waals surface area contributed by atoms with Crippen LogP contribution in [0.4, 0.5) is 5.69 Å². The van der Waals surface area contributed by atoms with Crippen molar-refractivity contribution in [2.45, 2.75) is 6.42 Å². The summed E-state index contributed by atoms with van der Waals surface area (Å²) >= 11 is 0. The van der Waals surface area contributed by atoms with Crippen molar-refractivity contribution in [1.29, 1.82) is 0 Å². The largest absolute Gasteiger partial charge is 0.454 e. The molecule has 6 nitrogen and oxygen atoms in total. The molecule has 1 aliphatic rings. The lowest BCUT2D eigenvalue weighted by Gasteiger charge is -2.07. The molecule has 0 bridgehead atoms. The number of carbonyl (C=O) groups is 1. The Morgan fingerprint density at radius 2 is 2.16 bits per heavy atom. The van der Waals surface area contributed by atoms with Gasteiger partial charge in [0.25, 0.3) is 0 Å². The molecule has 1 amide bonds. The van der Waals surface area contributed by atoms with Crippen LogP contribution in [0.5, 0.6) is 11.5 Å². The van der Waals surface area contributed by atoms with Crippen LogP contribution in [0.2, 0.25) is 0 Å². The van der Waals surface area contributed by atoms with Crippen LogP contribution in [0.25, 0.3) is 0 Å². The van der Waals surface area contributed by atoms with Gasteiger partial charge in [0.15, 0.2) is 11.5 Å². The summed E-state index contributed by atoms with van der Waals surface area (Å²) < 4.78 is 15.3. The first-order valence-corrected chi connectivity index (χ1v) is 6.19. The SMILES string of the molecule is COCCNCCC(=O)Nc1ccc2c(c1)OCO2. The van der Waals surface area contributed by atoms with Gasteiger partial charge >= 0.3 is 0 Å². The summed E-state index contributed by atoms with van der Waals surface area (Å²) in [6, 6.07) is 5.34. The Morgan fingerprint density at radius 3 is 3.00 bits per heavy atom. The quantitative estimate of drug-likeness (QED) is 0.720. The van der Waals surface area contributed by atoms with E-state index in [0.29, 0.717) is 36.8 Å². The van der Waals surface area contributed by atoms with Gasteiger partial charge in [-0.25, -0.2) is 0 Å². The average Bonchev–Trinajstić information content (AvgIpc) is 2.86. The molecule has 0 aromatic heterocycles. The molecule has 6 heteroatoms. The van der Waals surface area contributed by atoms with Gasteiger partial charge in [0.05, 0.1) is 6.61 Å². The van der Waals surface area contributed by atoms with Gasteiger partial charge in [-0.2, -0.15) is 0 Å². The molecule has 2 rings (SSSR count). The second-order valence-corrected chi connectivity index (χ2v) is 4.11. The standard InChI is InChI=1S/C13H18N2O4/c1-17-7-6-14-5-4-13(16)15-10-2-3-11-12(8-10)19-9-18-11/h2-3,8,14H,4-7,9H2,1H3,(H,15,16). The summed E-state index contributed by atoms with van der Waals surface area (Å²) in [7, 11) is 1.65. The first-order chi connectivity index (χ1) is 9.29. The zero-order valence-electron chi connectivity index (χ0n) is 10.9. The van der Waals surface area contributed by atoms with Crippen molar-refractivity contribution in [3.05, 3.63) is 18.2 Å². The predicted molar refractivity (Wildman–Crippen MR) is 70.6 cm³/mol. The highest BCUT2D eigenvalue weighted by Crippen LogP contribution is 2.34. The number of nitrogens with one attached hydrogen (secondary N) is 2. The molecular weight excluding hydrogens is 248 g/mol. The third-order valence-corrected chi connectivity index (χ3v) is 2.67. The highest BCUT2D eigenvalue weighted by atomic mass is 16.7. The molecule has 1 aromatic carbocycles. The predicted octanol–water partition coefficient (Wildman–Crippen LogP) is 0.980. The fourth-order valence-corrected chi connectivity index (χ4v) is 1.70. The van der Waals surface area contributed by atoms with Gasteiger partial charge in [-0.3, -0.25) is 4.79 Å². The number of ether oxygens (including phenoxy) is 3. The third-order valence-electron chi connectivity index (χ3n) is 2.67. The third kappa shape index (κ3) is 4.11. The van der Waals surface area contributed by atoms with Crippen molar-refractivity contribution in [2.75, 3.05) is 38.9 Å². The maximum absolute atomic E-state index is 11.7. The summed E-state index contributed by atoms with van der Waals surface area (Å²) in [5.41, 5.74) is 0.714. The number of carbonyl (C=O) groups excluding carboxylic acids is 1. The van der Waals surface area contributed by atoms with Gasteiger partial charge < -0.3 is 24.8 Å². The Balaban J connectivity index is 1.73. The Hall–Kier alpha value is -1.79. The van der Waals surface area contributed by atoms with E-state index in [1.165, 1.54) is 0 Å². The number of hydrogen-bond donors (Lipinski definition) is 2. The lowest BCUT2D eigenvalue weighted by atomic mass is 10.2. The molecule has 2 N–H and O–H groups in total. The van der Waals surface area contributed by atoms with E-state index in [2.05, 4.69) is 10.6 Å². The van der Waals surface area contributed by atoms with Crippen LogP contribution < -0.4 is 20.1 Å². The molecule has 1 aromatic rings. The van der Waals surface area contributed by atoms with Crippen LogP contribution in [0.1, 0.15) is 6.42 Å². The smallest absolute Gasteiger partial charge is 0.231 e. The number of methoxy groups -OCH3 is 1. The molecule has 0 spiro atoms. The zero-order valence-corrected chi connectivity index (χ0v) is 10.9. The van der Waals surface area contributed by atoms with Crippen LogP contribution in [0, 0.1) is 0 Å². The van der Waals surface area contributed by atoms with Crippen LogP contribution in [0.15, 0.2) is 18.2 Å². The maximum Gasteiger partial charge on any atom is 0.231 e. The molecule has 0 saturated carbocycles. The topological polar surface area (TPSA) is 68.8 Å². The Kier molecular flexibility index (Phi) is 5.00. The number of rotatable bonds is 7. The minimum atomic E-state index is -0.0382. The van der Waals surface area contributed by atoms with Crippen molar-refractivity contribution in [2.24, 2.45) is 0 Å². The van der Waals surface area contributed by atoms with E-state index >= 15 is 0 Å². The van der Waals surface area contributed by atoms with E-state index in [4.69, 9.17) is 14.2 Å². The van der Waals surface area contributed by atoms with Crippen molar-refractivity contribution in [3.63, 3.8) is 0 Å². The van der Waals surface area contributed by atoms with Gasteiger partial charge in [-0.15, -0.1) is 0 Å². The normalized spacial score (nSPS) is 12.5. The molecule has 0 unspecified atom stereocenters. The molecular formula is C13H18N2O4. The fourth-order valence-electron chi connectivity index (χ4n) is 1.70. The summed E-state index contributed by atoms with van der Waals surface area (Å²) in [6.45, 7) is 2.24. The van der Waals surface area contributed by atoms with Crippen LogP contribution in [-0.2, 0) is 9.53 Å². The van der Waals surface area contributed by atoms with Crippen LogP contribution in [0.3, 0.4) is 0 Å². The Morgan fingerprint density at radius 1 is 1.32 bits per heavy atom. The molecule has 19 heavy (non-hydrogen) atoms. The number of anilines is 1. The van der Waals surface area contributed by atoms with Crippen LogP contribution >= 0.6 is 0 Å². The second kappa shape index (κ2) is 6.96. The maximum atomic E-state index is 11.7. The van der Waals surface area contributed by atoms with Crippen molar-refractivity contribution >= 4 is 11.6 Å². The zero-order chi connectivity index (χ0) is 13.5. The number of hydrogen-bond acceptors (Lipinski definition) is 5. The molecule has 0 atom stereocenters. The lowest BCUT2D eigenvalue weighted by Crippen LogP contribution is -2.24. The highest BCUT2D eigenvalue weighted by molar-refractivity contribution is 5.91. The molecule has 104 valence electrons. The summed E-state index contributed by atoms with van der Waals surface area (Å²) in [5.74, 6) is 1.33. The van der Waals surface area contributed by atoms with Gasteiger partial charge in [-0.1, -0.05) is 0 Å². The number of benzene rings is 1. The highest BCUT2D eigenvalue weighted by Gasteiger charge is 2.13. The van der Waals surface area contributed by atoms with E-state index in [1.54, 1.807) is 25.3 Å². The van der Waals surface area contributed by atoms with E-state index in [9.17, 15) is 4.79 Å². The Labute approximate surface area is 112 Å². The molecule has 0 saturated heterocycles. The van der Waals surface area contributed by atoms with Gasteiger partial charge in [0.2, 0.25) is 12.7 Å². The molecule has 0 aliphatic carbocycles. The first-order valence-electron chi connectivity index (χ1n) is 6.19. The number of amides is 1.